The normalized spacial score (nSPS) is 25.4. The van der Waals surface area contributed by atoms with Crippen molar-refractivity contribution in [3.63, 3.8) is 0 Å². The van der Waals surface area contributed by atoms with E-state index in [0.29, 0.717) is 18.7 Å². The van der Waals surface area contributed by atoms with E-state index in [0.717, 1.165) is 17.5 Å². The molecule has 2 aromatic rings. The number of aryl methyl sites for hydroxylation is 1. The third-order valence-corrected chi connectivity index (χ3v) is 3.26. The van der Waals surface area contributed by atoms with Gasteiger partial charge in [-0.1, -0.05) is 11.6 Å². The summed E-state index contributed by atoms with van der Waals surface area (Å²) >= 11 is 0. The molecule has 0 aliphatic carbocycles. The molecule has 0 spiro atoms. The van der Waals surface area contributed by atoms with Crippen LogP contribution in [-0.2, 0) is 5.60 Å². The average molecular weight is 217 g/mol. The highest BCUT2D eigenvalue weighted by Gasteiger charge is 2.36. The SMILES string of the molecule is Cc1ccc2oc(C3(O)CCNC3)cc2c1. The summed E-state index contributed by atoms with van der Waals surface area (Å²) < 4.78 is 5.72. The van der Waals surface area contributed by atoms with E-state index in [-0.39, 0.29) is 0 Å². The van der Waals surface area contributed by atoms with Crippen LogP contribution in [0.5, 0.6) is 0 Å². The van der Waals surface area contributed by atoms with Crippen molar-refractivity contribution in [3.05, 3.63) is 35.6 Å². The van der Waals surface area contributed by atoms with Gasteiger partial charge in [0.2, 0.25) is 0 Å². The van der Waals surface area contributed by atoms with Crippen LogP contribution in [-0.4, -0.2) is 18.2 Å². The van der Waals surface area contributed by atoms with Crippen LogP contribution in [0.2, 0.25) is 0 Å². The van der Waals surface area contributed by atoms with Gasteiger partial charge in [-0.2, -0.15) is 0 Å². The fourth-order valence-corrected chi connectivity index (χ4v) is 2.28. The lowest BCUT2D eigenvalue weighted by Gasteiger charge is -2.17. The molecule has 0 bridgehead atoms. The first-order chi connectivity index (χ1) is 7.67. The zero-order chi connectivity index (χ0) is 11.2. The van der Waals surface area contributed by atoms with Gasteiger partial charge in [0.05, 0.1) is 0 Å². The van der Waals surface area contributed by atoms with Crippen molar-refractivity contribution >= 4 is 11.0 Å². The molecule has 0 amide bonds. The minimum Gasteiger partial charge on any atom is -0.458 e. The molecule has 2 heterocycles. The molecule has 0 radical (unpaired) electrons. The molecule has 3 nitrogen and oxygen atoms in total. The molecule has 0 saturated carbocycles. The number of aliphatic hydroxyl groups is 1. The van der Waals surface area contributed by atoms with E-state index in [1.807, 2.05) is 18.2 Å². The van der Waals surface area contributed by atoms with Crippen LogP contribution in [0.3, 0.4) is 0 Å². The maximum Gasteiger partial charge on any atom is 0.138 e. The van der Waals surface area contributed by atoms with E-state index in [2.05, 4.69) is 18.3 Å². The van der Waals surface area contributed by atoms with Crippen molar-refractivity contribution in [3.8, 4) is 0 Å². The Hall–Kier alpha value is -1.32. The lowest BCUT2D eigenvalue weighted by Crippen LogP contribution is -2.27. The number of hydrogen-bond acceptors (Lipinski definition) is 3. The molecule has 1 unspecified atom stereocenters. The first kappa shape index (κ1) is 9.87. The zero-order valence-electron chi connectivity index (χ0n) is 9.29. The molecule has 1 fully saturated rings. The van der Waals surface area contributed by atoms with E-state index in [4.69, 9.17) is 4.42 Å². The van der Waals surface area contributed by atoms with E-state index in [1.165, 1.54) is 5.56 Å². The Bertz CT molecular complexity index is 524. The van der Waals surface area contributed by atoms with Gasteiger partial charge >= 0.3 is 0 Å². The van der Waals surface area contributed by atoms with Gasteiger partial charge in [-0.25, -0.2) is 0 Å². The van der Waals surface area contributed by atoms with Crippen molar-refractivity contribution in [1.29, 1.82) is 0 Å². The van der Waals surface area contributed by atoms with Crippen molar-refractivity contribution in [1.82, 2.24) is 5.32 Å². The van der Waals surface area contributed by atoms with Crippen LogP contribution in [0.15, 0.2) is 28.7 Å². The van der Waals surface area contributed by atoms with Gasteiger partial charge in [0.25, 0.3) is 0 Å². The van der Waals surface area contributed by atoms with E-state index in [9.17, 15) is 5.11 Å². The summed E-state index contributed by atoms with van der Waals surface area (Å²) in [6, 6.07) is 8.01. The molecule has 2 N–H and O–H groups in total. The van der Waals surface area contributed by atoms with Crippen molar-refractivity contribution in [2.24, 2.45) is 0 Å². The van der Waals surface area contributed by atoms with E-state index < -0.39 is 5.60 Å². The summed E-state index contributed by atoms with van der Waals surface area (Å²) in [7, 11) is 0. The third kappa shape index (κ3) is 1.44. The summed E-state index contributed by atoms with van der Waals surface area (Å²) in [6.07, 6.45) is 0.714. The second kappa shape index (κ2) is 3.34. The molecule has 16 heavy (non-hydrogen) atoms. The standard InChI is InChI=1S/C13H15NO2/c1-9-2-3-11-10(6-9)7-12(16-11)13(15)4-5-14-8-13/h2-3,6-7,14-15H,4-5,8H2,1H3. The van der Waals surface area contributed by atoms with Crippen molar-refractivity contribution in [2.75, 3.05) is 13.1 Å². The highest BCUT2D eigenvalue weighted by atomic mass is 16.4. The average Bonchev–Trinajstić information content (AvgIpc) is 2.84. The zero-order valence-corrected chi connectivity index (χ0v) is 9.29. The fraction of sp³-hybridized carbons (Fsp3) is 0.385. The van der Waals surface area contributed by atoms with Gasteiger partial charge in [0.1, 0.15) is 16.9 Å². The minimum atomic E-state index is -0.826. The van der Waals surface area contributed by atoms with Gasteiger partial charge in [0.15, 0.2) is 0 Å². The predicted octanol–water partition coefficient (Wildman–Crippen LogP) is 1.92. The third-order valence-electron chi connectivity index (χ3n) is 3.26. The summed E-state index contributed by atoms with van der Waals surface area (Å²) in [5, 5.41) is 14.6. The summed E-state index contributed by atoms with van der Waals surface area (Å²) in [4.78, 5) is 0. The molecular formula is C13H15NO2. The minimum absolute atomic E-state index is 0.575. The van der Waals surface area contributed by atoms with Gasteiger partial charge in [-0.3, -0.25) is 0 Å². The highest BCUT2D eigenvalue weighted by molar-refractivity contribution is 5.78. The first-order valence-corrected chi connectivity index (χ1v) is 5.61. The number of furan rings is 1. The van der Waals surface area contributed by atoms with Crippen molar-refractivity contribution < 1.29 is 9.52 Å². The maximum absolute atomic E-state index is 10.4. The molecule has 84 valence electrons. The van der Waals surface area contributed by atoms with E-state index in [1.54, 1.807) is 0 Å². The number of fused-ring (bicyclic) bond motifs is 1. The number of nitrogens with one attached hydrogen (secondary N) is 1. The molecule has 1 aromatic heterocycles. The second-order valence-corrected chi connectivity index (χ2v) is 4.61. The highest BCUT2D eigenvalue weighted by Crippen LogP contribution is 2.32. The first-order valence-electron chi connectivity index (χ1n) is 5.61. The van der Waals surface area contributed by atoms with Gasteiger partial charge in [-0.05, 0) is 38.1 Å². The molecular weight excluding hydrogens is 202 g/mol. The predicted molar refractivity (Wildman–Crippen MR) is 62.3 cm³/mol. The molecule has 1 atom stereocenters. The van der Waals surface area contributed by atoms with Crippen LogP contribution in [0, 0.1) is 6.92 Å². The van der Waals surface area contributed by atoms with E-state index >= 15 is 0 Å². The van der Waals surface area contributed by atoms with Gasteiger partial charge in [-0.15, -0.1) is 0 Å². The lowest BCUT2D eigenvalue weighted by molar-refractivity contribution is 0.0371. The number of rotatable bonds is 1. The number of β-amino-alcohol motifs (C(OH)–C–C–N with tert-alkyl or cyclic N) is 1. The number of benzene rings is 1. The van der Waals surface area contributed by atoms with Crippen LogP contribution in [0.1, 0.15) is 17.7 Å². The Balaban J connectivity index is 2.11. The molecule has 3 heteroatoms. The topological polar surface area (TPSA) is 45.4 Å². The van der Waals surface area contributed by atoms with Crippen LogP contribution in [0.25, 0.3) is 11.0 Å². The largest absolute Gasteiger partial charge is 0.458 e. The van der Waals surface area contributed by atoms with Gasteiger partial charge in [0, 0.05) is 11.9 Å². The molecule has 3 rings (SSSR count). The fourth-order valence-electron chi connectivity index (χ4n) is 2.28. The Morgan fingerprint density at radius 3 is 3.00 bits per heavy atom. The monoisotopic (exact) mass is 217 g/mol. The smallest absolute Gasteiger partial charge is 0.138 e. The Morgan fingerprint density at radius 1 is 1.38 bits per heavy atom. The van der Waals surface area contributed by atoms with Crippen molar-refractivity contribution in [2.45, 2.75) is 18.9 Å². The van der Waals surface area contributed by atoms with Crippen LogP contribution >= 0.6 is 0 Å². The van der Waals surface area contributed by atoms with Crippen LogP contribution < -0.4 is 5.32 Å². The molecule has 1 saturated heterocycles. The summed E-state index contributed by atoms with van der Waals surface area (Å²) in [5.41, 5.74) is 1.23. The number of hydrogen-bond donors (Lipinski definition) is 2. The summed E-state index contributed by atoms with van der Waals surface area (Å²) in [5.74, 6) is 0.679. The molecule has 1 aliphatic rings. The van der Waals surface area contributed by atoms with Gasteiger partial charge < -0.3 is 14.8 Å². The Labute approximate surface area is 94.1 Å². The molecule has 1 aliphatic heterocycles. The molecule has 1 aromatic carbocycles. The quantitative estimate of drug-likeness (QED) is 0.767. The Kier molecular flexibility index (Phi) is 2.06. The Morgan fingerprint density at radius 2 is 2.25 bits per heavy atom. The second-order valence-electron chi connectivity index (χ2n) is 4.61. The summed E-state index contributed by atoms with van der Waals surface area (Å²) in [6.45, 7) is 3.47. The van der Waals surface area contributed by atoms with Crippen LogP contribution in [0.4, 0.5) is 0 Å². The lowest BCUT2D eigenvalue weighted by atomic mass is 10.00. The maximum atomic E-state index is 10.4.